The molecule has 0 bridgehead atoms. The first-order chi connectivity index (χ1) is 8.25. The Kier molecular flexibility index (Phi) is 1.94. The highest BCUT2D eigenvalue weighted by Crippen LogP contribution is 2.19. The molecule has 0 radical (unpaired) electrons. The number of nitrogens with zero attached hydrogens (tertiary/aromatic N) is 3. The van der Waals surface area contributed by atoms with Gasteiger partial charge in [-0.1, -0.05) is 6.07 Å². The summed E-state index contributed by atoms with van der Waals surface area (Å²) < 4.78 is 1.69. The number of rotatable bonds is 2. The van der Waals surface area contributed by atoms with E-state index in [1.165, 1.54) is 6.33 Å². The summed E-state index contributed by atoms with van der Waals surface area (Å²) in [7, 11) is 0. The molecular formula is C11H8N4O2. The highest BCUT2D eigenvalue weighted by molar-refractivity contribution is 5.93. The van der Waals surface area contributed by atoms with Crippen LogP contribution in [-0.4, -0.2) is 30.7 Å². The SMILES string of the molecule is O=C(O)c1ncn2cc(-c3cn[nH]c3)ccc12. The van der Waals surface area contributed by atoms with Crippen molar-refractivity contribution in [3.8, 4) is 11.1 Å². The summed E-state index contributed by atoms with van der Waals surface area (Å²) in [5, 5.41) is 15.5. The number of aromatic nitrogens is 4. The third-order valence-electron chi connectivity index (χ3n) is 2.57. The predicted molar refractivity (Wildman–Crippen MR) is 59.7 cm³/mol. The number of H-pyrrole nitrogens is 1. The van der Waals surface area contributed by atoms with Crippen LogP contribution in [-0.2, 0) is 0 Å². The number of carbonyl (C=O) groups is 1. The van der Waals surface area contributed by atoms with Gasteiger partial charge in [0.1, 0.15) is 6.33 Å². The fourth-order valence-corrected chi connectivity index (χ4v) is 1.74. The van der Waals surface area contributed by atoms with Crippen LogP contribution < -0.4 is 0 Å². The van der Waals surface area contributed by atoms with E-state index in [9.17, 15) is 4.79 Å². The van der Waals surface area contributed by atoms with E-state index in [0.29, 0.717) is 5.52 Å². The van der Waals surface area contributed by atoms with Crippen LogP contribution in [0, 0.1) is 0 Å². The van der Waals surface area contributed by atoms with Crippen molar-refractivity contribution in [2.45, 2.75) is 0 Å². The van der Waals surface area contributed by atoms with Gasteiger partial charge in [0.15, 0.2) is 5.69 Å². The number of hydrogen-bond acceptors (Lipinski definition) is 3. The minimum atomic E-state index is -1.02. The normalized spacial score (nSPS) is 10.8. The van der Waals surface area contributed by atoms with Gasteiger partial charge in [0.2, 0.25) is 0 Å². The first-order valence-corrected chi connectivity index (χ1v) is 4.95. The van der Waals surface area contributed by atoms with Crippen molar-refractivity contribution >= 4 is 11.5 Å². The zero-order valence-corrected chi connectivity index (χ0v) is 8.66. The van der Waals surface area contributed by atoms with Crippen LogP contribution in [0.4, 0.5) is 0 Å². The first kappa shape index (κ1) is 9.59. The molecule has 0 fully saturated rings. The molecule has 2 N–H and O–H groups in total. The summed E-state index contributed by atoms with van der Waals surface area (Å²) in [5.41, 5.74) is 2.52. The molecule has 0 aliphatic rings. The largest absolute Gasteiger partial charge is 0.476 e. The summed E-state index contributed by atoms with van der Waals surface area (Å²) >= 11 is 0. The lowest BCUT2D eigenvalue weighted by molar-refractivity contribution is 0.0693. The number of hydrogen-bond donors (Lipinski definition) is 2. The predicted octanol–water partition coefficient (Wildman–Crippen LogP) is 1.42. The van der Waals surface area contributed by atoms with Crippen LogP contribution in [0.2, 0.25) is 0 Å². The molecule has 0 amide bonds. The Morgan fingerprint density at radius 2 is 2.24 bits per heavy atom. The Balaban J connectivity index is 2.18. The van der Waals surface area contributed by atoms with Crippen LogP contribution in [0.1, 0.15) is 10.5 Å². The number of aromatic amines is 1. The zero-order valence-electron chi connectivity index (χ0n) is 8.66. The quantitative estimate of drug-likeness (QED) is 0.694. The molecule has 0 aliphatic carbocycles. The van der Waals surface area contributed by atoms with E-state index in [-0.39, 0.29) is 5.69 Å². The number of aromatic carboxylic acids is 1. The second-order valence-electron chi connectivity index (χ2n) is 3.60. The lowest BCUT2D eigenvalue weighted by Crippen LogP contribution is -1.97. The van der Waals surface area contributed by atoms with Gasteiger partial charge in [-0.2, -0.15) is 5.10 Å². The van der Waals surface area contributed by atoms with Crippen molar-refractivity contribution in [1.82, 2.24) is 19.6 Å². The van der Waals surface area contributed by atoms with Gasteiger partial charge < -0.3 is 9.51 Å². The maximum atomic E-state index is 10.9. The molecule has 0 aliphatic heterocycles. The van der Waals surface area contributed by atoms with Crippen molar-refractivity contribution in [2.75, 3.05) is 0 Å². The molecule has 3 heterocycles. The topological polar surface area (TPSA) is 83.3 Å². The molecule has 0 saturated carbocycles. The summed E-state index contributed by atoms with van der Waals surface area (Å²) in [6, 6.07) is 3.58. The van der Waals surface area contributed by atoms with Gasteiger partial charge in [0.25, 0.3) is 0 Å². The molecule has 6 nitrogen and oxygen atoms in total. The standard InChI is InChI=1S/C11H8N4O2/c16-11(17)10-9-2-1-7(5-15(9)6-12-10)8-3-13-14-4-8/h1-6H,(H,13,14)(H,16,17). The molecule has 6 heteroatoms. The van der Waals surface area contributed by atoms with Crippen molar-refractivity contribution in [3.05, 3.63) is 42.7 Å². The first-order valence-electron chi connectivity index (χ1n) is 4.95. The molecule has 3 aromatic rings. The Bertz CT molecular complexity index is 685. The van der Waals surface area contributed by atoms with Crippen LogP contribution >= 0.6 is 0 Å². The number of imidazole rings is 1. The number of carboxylic acid groups (broad SMARTS) is 1. The Labute approximate surface area is 95.5 Å². The summed E-state index contributed by atoms with van der Waals surface area (Å²) in [4.78, 5) is 14.8. The van der Waals surface area contributed by atoms with Crippen molar-refractivity contribution in [1.29, 1.82) is 0 Å². The van der Waals surface area contributed by atoms with Crippen molar-refractivity contribution < 1.29 is 9.90 Å². The van der Waals surface area contributed by atoms with Gasteiger partial charge in [-0.3, -0.25) is 5.10 Å². The number of carboxylic acids is 1. The van der Waals surface area contributed by atoms with Gasteiger partial charge in [0.05, 0.1) is 11.7 Å². The molecule has 0 aromatic carbocycles. The average Bonchev–Trinajstić information content (AvgIpc) is 2.97. The van der Waals surface area contributed by atoms with E-state index < -0.39 is 5.97 Å². The van der Waals surface area contributed by atoms with Gasteiger partial charge in [-0.05, 0) is 6.07 Å². The van der Waals surface area contributed by atoms with Crippen LogP contribution in [0.3, 0.4) is 0 Å². The van der Waals surface area contributed by atoms with Gasteiger partial charge in [0, 0.05) is 23.5 Å². The van der Waals surface area contributed by atoms with Gasteiger partial charge >= 0.3 is 5.97 Å². The van der Waals surface area contributed by atoms with E-state index in [1.54, 1.807) is 22.9 Å². The molecule has 0 saturated heterocycles. The minimum absolute atomic E-state index is 0.0590. The van der Waals surface area contributed by atoms with Crippen molar-refractivity contribution in [2.24, 2.45) is 0 Å². The van der Waals surface area contributed by atoms with Crippen LogP contribution in [0.5, 0.6) is 0 Å². The third-order valence-corrected chi connectivity index (χ3v) is 2.57. The maximum absolute atomic E-state index is 10.9. The Hall–Kier alpha value is -2.63. The fraction of sp³-hybridized carbons (Fsp3) is 0. The van der Waals surface area contributed by atoms with Crippen molar-refractivity contribution in [3.63, 3.8) is 0 Å². The average molecular weight is 228 g/mol. The molecule has 3 aromatic heterocycles. The molecule has 0 atom stereocenters. The van der Waals surface area contributed by atoms with Crippen LogP contribution in [0.25, 0.3) is 16.6 Å². The number of fused-ring (bicyclic) bond motifs is 1. The Morgan fingerprint density at radius 1 is 1.35 bits per heavy atom. The molecule has 84 valence electrons. The molecule has 0 spiro atoms. The smallest absolute Gasteiger partial charge is 0.356 e. The fourth-order valence-electron chi connectivity index (χ4n) is 1.74. The molecule has 0 unspecified atom stereocenters. The summed E-state index contributed by atoms with van der Waals surface area (Å²) in [6.45, 7) is 0. The Morgan fingerprint density at radius 3 is 2.94 bits per heavy atom. The second-order valence-corrected chi connectivity index (χ2v) is 3.60. The molecule has 17 heavy (non-hydrogen) atoms. The van der Waals surface area contributed by atoms with E-state index in [0.717, 1.165) is 11.1 Å². The van der Waals surface area contributed by atoms with E-state index in [2.05, 4.69) is 15.2 Å². The highest BCUT2D eigenvalue weighted by Gasteiger charge is 2.11. The lowest BCUT2D eigenvalue weighted by Gasteiger charge is -1.99. The van der Waals surface area contributed by atoms with Gasteiger partial charge in [-0.15, -0.1) is 0 Å². The minimum Gasteiger partial charge on any atom is -0.476 e. The monoisotopic (exact) mass is 228 g/mol. The second kappa shape index (κ2) is 3.44. The number of nitrogens with one attached hydrogen (secondary N) is 1. The summed E-state index contributed by atoms with van der Waals surface area (Å²) in [5.74, 6) is -1.02. The molecule has 3 rings (SSSR count). The maximum Gasteiger partial charge on any atom is 0.356 e. The highest BCUT2D eigenvalue weighted by atomic mass is 16.4. The van der Waals surface area contributed by atoms with E-state index in [1.807, 2.05) is 12.3 Å². The van der Waals surface area contributed by atoms with Crippen LogP contribution in [0.15, 0.2) is 37.1 Å². The lowest BCUT2D eigenvalue weighted by atomic mass is 10.1. The zero-order chi connectivity index (χ0) is 11.8. The van der Waals surface area contributed by atoms with E-state index in [4.69, 9.17) is 5.11 Å². The molecular weight excluding hydrogens is 220 g/mol. The summed E-state index contributed by atoms with van der Waals surface area (Å²) in [6.07, 6.45) is 6.79. The third kappa shape index (κ3) is 1.46. The van der Waals surface area contributed by atoms with Gasteiger partial charge in [-0.25, -0.2) is 9.78 Å². The van der Waals surface area contributed by atoms with E-state index >= 15 is 0 Å². The number of pyridine rings is 1.